The quantitative estimate of drug-likeness (QED) is 0.402. The molecule has 34 heavy (non-hydrogen) atoms. The normalized spacial score (nSPS) is 9.50. The van der Waals surface area contributed by atoms with Gasteiger partial charge in [-0.15, -0.1) is 0 Å². The first kappa shape index (κ1) is 30.3. The number of esters is 2. The molecule has 1 aromatic heterocycles. The lowest BCUT2D eigenvalue weighted by Gasteiger charge is -2.15. The van der Waals surface area contributed by atoms with Crippen LogP contribution in [0.4, 0.5) is 5.82 Å². The second-order valence-electron chi connectivity index (χ2n) is 6.40. The Kier molecular flexibility index (Phi) is 15.9. The summed E-state index contributed by atoms with van der Waals surface area (Å²) in [5.74, 6) is -0.298. The van der Waals surface area contributed by atoms with Gasteiger partial charge in [0.2, 0.25) is 0 Å². The number of benzene rings is 1. The van der Waals surface area contributed by atoms with Crippen LogP contribution < -0.4 is 15.2 Å². The van der Waals surface area contributed by atoms with Crippen LogP contribution in [0.15, 0.2) is 42.6 Å². The molecule has 188 valence electrons. The van der Waals surface area contributed by atoms with Crippen molar-refractivity contribution in [2.24, 2.45) is 0 Å². The monoisotopic (exact) mass is 477 g/mol. The van der Waals surface area contributed by atoms with Gasteiger partial charge >= 0.3 is 11.9 Å². The van der Waals surface area contributed by atoms with E-state index in [9.17, 15) is 14.4 Å². The van der Waals surface area contributed by atoms with Crippen molar-refractivity contribution < 1.29 is 33.3 Å². The predicted octanol–water partition coefficient (Wildman–Crippen LogP) is 2.61. The lowest BCUT2D eigenvalue weighted by atomic mass is 10.1. The fourth-order valence-corrected chi connectivity index (χ4v) is 2.13. The molecule has 0 atom stereocenters. The molecule has 1 heterocycles. The molecule has 0 radical (unpaired) electrons. The van der Waals surface area contributed by atoms with Crippen LogP contribution in [-0.2, 0) is 19.1 Å². The van der Waals surface area contributed by atoms with E-state index in [1.807, 2.05) is 44.9 Å². The fourth-order valence-electron chi connectivity index (χ4n) is 2.13. The lowest BCUT2D eigenvalue weighted by molar-refractivity contribution is -0.144. The Hall–Kier alpha value is -3.66. The largest absolute Gasteiger partial charge is 0.478 e. The summed E-state index contributed by atoms with van der Waals surface area (Å²) >= 11 is 0. The molecule has 0 aliphatic rings. The number of anilines is 1. The Morgan fingerprint density at radius 2 is 1.53 bits per heavy atom. The number of rotatable bonds is 10. The topological polar surface area (TPSA) is 130 Å². The number of nitrogens with two attached hydrogens (primary N) is 1. The molecule has 0 amide bonds. The van der Waals surface area contributed by atoms with Gasteiger partial charge in [0, 0.05) is 11.8 Å². The molecule has 0 saturated carbocycles. The minimum Gasteiger partial charge on any atom is -0.478 e. The number of hydrogen-bond acceptors (Lipinski definition) is 10. The highest BCUT2D eigenvalue weighted by Crippen LogP contribution is 2.29. The zero-order valence-electron chi connectivity index (χ0n) is 20.7. The van der Waals surface area contributed by atoms with Crippen LogP contribution in [-0.4, -0.2) is 75.2 Å². The zero-order valence-corrected chi connectivity index (χ0v) is 20.7. The number of nitrogen functional groups attached to an aromatic ring is 1. The van der Waals surface area contributed by atoms with Gasteiger partial charge in [0.25, 0.3) is 0 Å². The first-order valence-corrected chi connectivity index (χ1v) is 10.7. The third-order valence-electron chi connectivity index (χ3n) is 4.05. The molecule has 10 nitrogen and oxygen atoms in total. The highest BCUT2D eigenvalue weighted by molar-refractivity contribution is 5.98. The predicted molar refractivity (Wildman–Crippen MR) is 129 cm³/mol. The number of Topliss-reactive ketones (excluding diaryl/α,β-unsaturated/α-hetero) is 1. The molecular formula is C24H35N3O7. The van der Waals surface area contributed by atoms with Crippen LogP contribution >= 0.6 is 0 Å². The summed E-state index contributed by atoms with van der Waals surface area (Å²) in [4.78, 5) is 40.4. The maximum Gasteiger partial charge on any atom is 0.343 e. The van der Waals surface area contributed by atoms with Gasteiger partial charge in [0.15, 0.2) is 30.5 Å². The number of pyridine rings is 1. The molecule has 2 N–H and O–H groups in total. The van der Waals surface area contributed by atoms with Crippen molar-refractivity contribution in [3.8, 4) is 11.5 Å². The fraction of sp³-hybridized carbons (Fsp3) is 0.417. The van der Waals surface area contributed by atoms with Crippen LogP contribution in [0.3, 0.4) is 0 Å². The number of aromatic nitrogens is 1. The van der Waals surface area contributed by atoms with Gasteiger partial charge in [-0.3, -0.25) is 9.69 Å². The third-order valence-corrected chi connectivity index (χ3v) is 4.05. The number of methoxy groups -OCH3 is 2. The van der Waals surface area contributed by atoms with Crippen LogP contribution in [0.1, 0.15) is 31.1 Å². The number of likely N-dealkylation sites (N-methyl/N-ethyl adjacent to an activating group) is 1. The van der Waals surface area contributed by atoms with Gasteiger partial charge in [-0.05, 0) is 43.9 Å². The maximum absolute atomic E-state index is 12.3. The smallest absolute Gasteiger partial charge is 0.343 e. The summed E-state index contributed by atoms with van der Waals surface area (Å²) in [5.41, 5.74) is 5.65. The average molecular weight is 478 g/mol. The minimum atomic E-state index is -0.582. The Morgan fingerprint density at radius 1 is 0.941 bits per heavy atom. The van der Waals surface area contributed by atoms with E-state index in [1.165, 1.54) is 26.4 Å². The van der Waals surface area contributed by atoms with Crippen molar-refractivity contribution in [3.05, 3.63) is 48.2 Å². The molecule has 10 heteroatoms. The molecule has 0 spiro atoms. The van der Waals surface area contributed by atoms with E-state index in [0.717, 1.165) is 6.54 Å². The Bertz CT molecular complexity index is 876. The van der Waals surface area contributed by atoms with Gasteiger partial charge < -0.3 is 24.7 Å². The molecule has 1 aromatic carbocycles. The second-order valence-corrected chi connectivity index (χ2v) is 6.40. The molecule has 2 rings (SSSR count). The van der Waals surface area contributed by atoms with Crippen molar-refractivity contribution in [1.82, 2.24) is 9.88 Å². The third kappa shape index (κ3) is 12.4. The first-order valence-electron chi connectivity index (χ1n) is 10.7. The Labute approximate surface area is 201 Å². The van der Waals surface area contributed by atoms with E-state index < -0.39 is 11.9 Å². The highest BCUT2D eigenvalue weighted by Gasteiger charge is 2.15. The van der Waals surface area contributed by atoms with Crippen LogP contribution in [0.25, 0.3) is 0 Å². The number of carbonyl (C=O) groups is 3. The average Bonchev–Trinajstić information content (AvgIpc) is 2.87. The van der Waals surface area contributed by atoms with Gasteiger partial charge in [-0.2, -0.15) is 0 Å². The molecule has 0 fully saturated rings. The van der Waals surface area contributed by atoms with Crippen molar-refractivity contribution in [2.45, 2.75) is 20.8 Å². The molecule has 0 aliphatic carbocycles. The summed E-state index contributed by atoms with van der Waals surface area (Å²) in [6.45, 7) is 6.25. The van der Waals surface area contributed by atoms with Crippen molar-refractivity contribution in [1.29, 1.82) is 0 Å². The van der Waals surface area contributed by atoms with Crippen LogP contribution in [0, 0.1) is 0 Å². The standard InChI is InChI=1S/C17H23NO7.C5H6N2.C2H6/c1-5-18(2)9-13(19)12-6-7-14(24-10-16(20)22-3)15(8-12)25-11-17(21)23-4;6-5-3-1-2-4-7-5;1-2/h6-8H,5,9-11H2,1-4H3;1-4H,(H2,6,7);1-2H3. The van der Waals surface area contributed by atoms with Crippen molar-refractivity contribution in [2.75, 3.05) is 53.3 Å². The number of hydrogen-bond donors (Lipinski definition) is 1. The van der Waals surface area contributed by atoms with Gasteiger partial charge in [0.1, 0.15) is 5.82 Å². The van der Waals surface area contributed by atoms with Crippen molar-refractivity contribution >= 4 is 23.5 Å². The number of ether oxygens (including phenoxy) is 4. The van der Waals surface area contributed by atoms with E-state index in [0.29, 0.717) is 11.4 Å². The zero-order chi connectivity index (χ0) is 25.9. The maximum atomic E-state index is 12.3. The van der Waals surface area contributed by atoms with Gasteiger partial charge in [0.05, 0.1) is 20.8 Å². The summed E-state index contributed by atoms with van der Waals surface area (Å²) in [6, 6.07) is 9.98. The Balaban J connectivity index is 0.00000101. The van der Waals surface area contributed by atoms with E-state index >= 15 is 0 Å². The van der Waals surface area contributed by atoms with E-state index in [1.54, 1.807) is 18.3 Å². The number of nitrogens with zero attached hydrogens (tertiary/aromatic N) is 2. The summed E-state index contributed by atoms with van der Waals surface area (Å²) in [7, 11) is 4.31. The number of carbonyl (C=O) groups excluding carboxylic acids is 3. The van der Waals surface area contributed by atoms with Gasteiger partial charge in [-0.25, -0.2) is 14.6 Å². The Morgan fingerprint density at radius 3 is 1.97 bits per heavy atom. The second kappa shape index (κ2) is 17.8. The van der Waals surface area contributed by atoms with Gasteiger partial charge in [-0.1, -0.05) is 26.8 Å². The molecule has 2 aromatic rings. The van der Waals surface area contributed by atoms with Crippen LogP contribution in [0.5, 0.6) is 11.5 Å². The van der Waals surface area contributed by atoms with E-state index in [2.05, 4.69) is 14.5 Å². The molecule has 0 saturated heterocycles. The summed E-state index contributed by atoms with van der Waals surface area (Å²) in [5, 5.41) is 0. The minimum absolute atomic E-state index is 0.105. The molecule has 0 aliphatic heterocycles. The highest BCUT2D eigenvalue weighted by atomic mass is 16.6. The number of ketones is 1. The SMILES string of the molecule is CC.CCN(C)CC(=O)c1ccc(OCC(=O)OC)c(OCC(=O)OC)c1.Nc1ccccn1. The lowest BCUT2D eigenvalue weighted by Crippen LogP contribution is -2.25. The van der Waals surface area contributed by atoms with Crippen molar-refractivity contribution in [3.63, 3.8) is 0 Å². The van der Waals surface area contributed by atoms with E-state index in [-0.39, 0.29) is 37.0 Å². The molecule has 0 unspecified atom stereocenters. The summed E-state index contributed by atoms with van der Waals surface area (Å²) in [6.07, 6.45) is 1.66. The van der Waals surface area contributed by atoms with E-state index in [4.69, 9.17) is 15.2 Å². The molecular weight excluding hydrogens is 442 g/mol. The molecule has 0 bridgehead atoms. The summed E-state index contributed by atoms with van der Waals surface area (Å²) < 4.78 is 19.7. The van der Waals surface area contributed by atoms with Crippen LogP contribution in [0.2, 0.25) is 0 Å². The first-order chi connectivity index (χ1) is 16.3.